The van der Waals surface area contributed by atoms with Crippen LogP contribution in [0.15, 0.2) is 34.5 Å². The number of carbonyl (C=O) groups is 2. The molecule has 5 aliphatic rings. The highest BCUT2D eigenvalue weighted by Crippen LogP contribution is 2.71. The van der Waals surface area contributed by atoms with Gasteiger partial charge in [-0.2, -0.15) is 0 Å². The lowest BCUT2D eigenvalue weighted by atomic mass is 9.46. The van der Waals surface area contributed by atoms with Gasteiger partial charge in [-0.1, -0.05) is 19.4 Å². The number of ketones is 2. The Morgan fingerprint density at radius 1 is 1.09 bits per heavy atom. The molecule has 5 nitrogen and oxygen atoms in total. The number of carbonyl (C=O) groups excluding carboxylic acids is 2. The first kappa shape index (κ1) is 20.9. The number of hydrogen-bond donors (Lipinski definition) is 0. The predicted molar refractivity (Wildman–Crippen MR) is 118 cm³/mol. The number of allylic oxidation sites excluding steroid dienone is 1. The van der Waals surface area contributed by atoms with Gasteiger partial charge in [-0.25, -0.2) is 0 Å². The zero-order valence-electron chi connectivity index (χ0n) is 19.6. The Morgan fingerprint density at radius 2 is 1.91 bits per heavy atom. The zero-order chi connectivity index (χ0) is 22.5. The molecule has 0 bridgehead atoms. The van der Waals surface area contributed by atoms with E-state index in [2.05, 4.69) is 13.8 Å². The van der Waals surface area contributed by atoms with Crippen molar-refractivity contribution in [2.24, 2.45) is 28.6 Å². The molecule has 1 aromatic heterocycles. The maximum Gasteiger partial charge on any atom is 0.226 e. The molecule has 0 radical (unpaired) electrons. The summed E-state index contributed by atoms with van der Waals surface area (Å²) in [6.07, 6.45) is 9.91. The van der Waals surface area contributed by atoms with Gasteiger partial charge in [0, 0.05) is 11.8 Å². The lowest BCUT2D eigenvalue weighted by Crippen LogP contribution is -2.59. The van der Waals surface area contributed by atoms with E-state index < -0.39 is 11.4 Å². The molecule has 6 rings (SSSR count). The summed E-state index contributed by atoms with van der Waals surface area (Å²) in [6, 6.07) is 3.70. The molecule has 1 aliphatic heterocycles. The third kappa shape index (κ3) is 2.37. The maximum atomic E-state index is 13.4. The minimum Gasteiger partial charge on any atom is -0.464 e. The Kier molecular flexibility index (Phi) is 4.20. The van der Waals surface area contributed by atoms with Crippen LogP contribution < -0.4 is 0 Å². The van der Waals surface area contributed by atoms with E-state index in [4.69, 9.17) is 13.9 Å². The van der Waals surface area contributed by atoms with E-state index in [0.717, 1.165) is 38.5 Å². The lowest BCUT2D eigenvalue weighted by Gasteiger charge is -2.59. The minimum atomic E-state index is -1.04. The van der Waals surface area contributed by atoms with Crippen LogP contribution in [0.4, 0.5) is 0 Å². The fourth-order valence-corrected chi connectivity index (χ4v) is 8.80. The first-order valence-electron chi connectivity index (χ1n) is 12.3. The average molecular weight is 439 g/mol. The van der Waals surface area contributed by atoms with Gasteiger partial charge in [0.05, 0.1) is 12.4 Å². The van der Waals surface area contributed by atoms with Crippen LogP contribution in [0.3, 0.4) is 0 Å². The van der Waals surface area contributed by atoms with Crippen LogP contribution in [0, 0.1) is 28.6 Å². The third-order valence-corrected chi connectivity index (χ3v) is 10.3. The summed E-state index contributed by atoms with van der Waals surface area (Å²) < 4.78 is 19.0. The molecule has 32 heavy (non-hydrogen) atoms. The Bertz CT molecular complexity index is 1010. The Labute approximate surface area is 189 Å². The van der Waals surface area contributed by atoms with E-state index in [1.165, 1.54) is 5.57 Å². The van der Waals surface area contributed by atoms with Crippen molar-refractivity contribution in [2.75, 3.05) is 0 Å². The number of fused-ring (bicyclic) bond motifs is 7. The van der Waals surface area contributed by atoms with Crippen LogP contribution in [-0.2, 0) is 24.8 Å². The van der Waals surface area contributed by atoms with Gasteiger partial charge < -0.3 is 13.9 Å². The summed E-state index contributed by atoms with van der Waals surface area (Å²) in [5, 5.41) is 0. The number of hydrogen-bond acceptors (Lipinski definition) is 5. The van der Waals surface area contributed by atoms with Crippen LogP contribution in [0.1, 0.15) is 78.4 Å². The number of Topliss-reactive ketones (excluding diaryl/α,β-unsaturated/α-hetero) is 1. The highest BCUT2D eigenvalue weighted by Gasteiger charge is 2.76. The summed E-state index contributed by atoms with van der Waals surface area (Å²) in [4.78, 5) is 25.5. The maximum absolute atomic E-state index is 13.4. The largest absolute Gasteiger partial charge is 0.464 e. The second kappa shape index (κ2) is 6.44. The zero-order valence-corrected chi connectivity index (χ0v) is 19.6. The molecule has 5 heteroatoms. The Hall–Kier alpha value is -1.72. The molecule has 8 atom stereocenters. The monoisotopic (exact) mass is 438 g/mol. The van der Waals surface area contributed by atoms with Crippen molar-refractivity contribution in [1.29, 1.82) is 0 Å². The van der Waals surface area contributed by atoms with Crippen LogP contribution in [0.2, 0.25) is 0 Å². The molecule has 4 fully saturated rings. The topological polar surface area (TPSA) is 65.7 Å². The summed E-state index contributed by atoms with van der Waals surface area (Å²) in [5.41, 5.74) is 0.278. The quantitative estimate of drug-likeness (QED) is 0.624. The summed E-state index contributed by atoms with van der Waals surface area (Å²) in [7, 11) is 0. The second-order valence-corrected chi connectivity index (χ2v) is 11.6. The van der Waals surface area contributed by atoms with Crippen molar-refractivity contribution in [2.45, 2.75) is 90.1 Å². The average Bonchev–Trinajstić information content (AvgIpc) is 3.43. The van der Waals surface area contributed by atoms with Crippen molar-refractivity contribution in [1.82, 2.24) is 0 Å². The Morgan fingerprint density at radius 3 is 2.62 bits per heavy atom. The normalized spacial score (nSPS) is 49.6. The van der Waals surface area contributed by atoms with Crippen molar-refractivity contribution < 1.29 is 23.5 Å². The molecule has 2 heterocycles. The summed E-state index contributed by atoms with van der Waals surface area (Å²) >= 11 is 0. The molecular formula is C27H34O5. The lowest BCUT2D eigenvalue weighted by molar-refractivity contribution is -0.234. The third-order valence-electron chi connectivity index (χ3n) is 10.3. The molecule has 0 aromatic carbocycles. The fraction of sp³-hybridized carbons (Fsp3) is 0.704. The highest BCUT2D eigenvalue weighted by molar-refractivity contribution is 5.91. The molecule has 1 aromatic rings. The first-order chi connectivity index (χ1) is 15.1. The van der Waals surface area contributed by atoms with E-state index in [0.29, 0.717) is 35.7 Å². The molecule has 0 amide bonds. The van der Waals surface area contributed by atoms with Crippen LogP contribution in [0.25, 0.3) is 0 Å². The number of ether oxygens (including phenoxy) is 2. The summed E-state index contributed by atoms with van der Waals surface area (Å²) in [5.74, 6) is 1.43. The van der Waals surface area contributed by atoms with Gasteiger partial charge in [0.1, 0.15) is 0 Å². The second-order valence-electron chi connectivity index (χ2n) is 11.6. The summed E-state index contributed by atoms with van der Waals surface area (Å²) in [6.45, 7) is 8.24. The molecule has 4 aliphatic carbocycles. The van der Waals surface area contributed by atoms with Crippen molar-refractivity contribution >= 4 is 11.6 Å². The van der Waals surface area contributed by atoms with E-state index in [9.17, 15) is 9.59 Å². The van der Waals surface area contributed by atoms with Gasteiger partial charge in [-0.3, -0.25) is 9.59 Å². The molecule has 2 unspecified atom stereocenters. The highest BCUT2D eigenvalue weighted by atomic mass is 16.8. The van der Waals surface area contributed by atoms with E-state index >= 15 is 0 Å². The number of furan rings is 1. The van der Waals surface area contributed by atoms with Gasteiger partial charge in [0.25, 0.3) is 0 Å². The van der Waals surface area contributed by atoms with Crippen molar-refractivity contribution in [3.8, 4) is 0 Å². The molecule has 0 N–H and O–H groups in total. The van der Waals surface area contributed by atoms with Gasteiger partial charge in [0.2, 0.25) is 5.79 Å². The predicted octanol–water partition coefficient (Wildman–Crippen LogP) is 5.34. The van der Waals surface area contributed by atoms with E-state index in [1.807, 2.05) is 25.1 Å². The smallest absolute Gasteiger partial charge is 0.226 e. The Balaban J connectivity index is 1.38. The molecule has 172 valence electrons. The van der Waals surface area contributed by atoms with Gasteiger partial charge in [0.15, 0.2) is 22.9 Å². The molecule has 3 saturated carbocycles. The molecule has 1 saturated heterocycles. The van der Waals surface area contributed by atoms with Crippen LogP contribution in [0.5, 0.6) is 0 Å². The van der Waals surface area contributed by atoms with Crippen molar-refractivity contribution in [3.05, 3.63) is 35.8 Å². The van der Waals surface area contributed by atoms with Gasteiger partial charge in [-0.15, -0.1) is 0 Å². The fourth-order valence-electron chi connectivity index (χ4n) is 8.80. The SMILES string of the molecule is CC(=O)C12OC(C)(c3ccco3)O[C@@H]1C[C@H]1[C@@H]3CCC4=CC(=O)CC[C@]4(C)[C@H]3CC[C@@]12C. The van der Waals surface area contributed by atoms with Crippen LogP contribution in [-0.4, -0.2) is 23.3 Å². The van der Waals surface area contributed by atoms with Crippen LogP contribution >= 0.6 is 0 Å². The van der Waals surface area contributed by atoms with Gasteiger partial charge >= 0.3 is 0 Å². The molecule has 0 spiro atoms. The van der Waals surface area contributed by atoms with E-state index in [-0.39, 0.29) is 22.7 Å². The minimum absolute atomic E-state index is 0.0760. The van der Waals surface area contributed by atoms with Crippen molar-refractivity contribution in [3.63, 3.8) is 0 Å². The molecular weight excluding hydrogens is 404 g/mol. The standard InChI is InChI=1S/C27H34O5/c1-16(28)27-23(31-26(4,32-27)22-6-5-13-30-22)15-21-19-8-7-17-14-18(29)9-11-24(17,2)20(19)10-12-25(21,27)3/h5-6,13-14,19-21,23H,7-12,15H2,1-4H3/t19-,20+,21+,23-,24+,25+,26?,27?/m1/s1. The number of rotatable bonds is 2. The van der Waals surface area contributed by atoms with Gasteiger partial charge in [-0.05, 0) is 93.7 Å². The van der Waals surface area contributed by atoms with E-state index in [1.54, 1.807) is 13.2 Å². The first-order valence-corrected chi connectivity index (χ1v) is 12.3.